The van der Waals surface area contributed by atoms with Gasteiger partial charge in [0.25, 0.3) is 0 Å². The zero-order valence-corrected chi connectivity index (χ0v) is 23.2. The second kappa shape index (κ2) is 13.2. The summed E-state index contributed by atoms with van der Waals surface area (Å²) in [6.45, 7) is 3.86. The van der Waals surface area contributed by atoms with Crippen LogP contribution in [-0.4, -0.2) is 48.7 Å². The number of sulfonamides is 1. The summed E-state index contributed by atoms with van der Waals surface area (Å²) in [5.74, 6) is 0.218. The number of carbonyl (C=O) groups is 1. The predicted molar refractivity (Wildman–Crippen MR) is 149 cm³/mol. The number of rotatable bonds is 13. The van der Waals surface area contributed by atoms with E-state index < -0.39 is 27.8 Å². The Hall–Kier alpha value is -2.91. The maximum absolute atomic E-state index is 13.7. The van der Waals surface area contributed by atoms with Crippen molar-refractivity contribution in [2.24, 2.45) is 11.7 Å². The highest BCUT2D eigenvalue weighted by atomic mass is 35.5. The van der Waals surface area contributed by atoms with Crippen LogP contribution in [0.4, 0.5) is 4.79 Å². The minimum Gasteiger partial charge on any atom is -0.440 e. The third kappa shape index (κ3) is 8.04. The molecule has 0 saturated heterocycles. The number of aliphatic hydroxyl groups excluding tert-OH is 1. The van der Waals surface area contributed by atoms with E-state index in [-0.39, 0.29) is 36.7 Å². The van der Waals surface area contributed by atoms with Gasteiger partial charge in [-0.2, -0.15) is 4.31 Å². The lowest BCUT2D eigenvalue weighted by Crippen LogP contribution is -2.56. The van der Waals surface area contributed by atoms with Crippen molar-refractivity contribution in [3.63, 3.8) is 0 Å². The topological polar surface area (TPSA) is 110 Å². The first-order valence-corrected chi connectivity index (χ1v) is 14.3. The van der Waals surface area contributed by atoms with Crippen LogP contribution in [0.1, 0.15) is 31.4 Å². The van der Waals surface area contributed by atoms with Crippen LogP contribution in [0.5, 0.6) is 0 Å². The van der Waals surface area contributed by atoms with Gasteiger partial charge in [0, 0.05) is 31.0 Å². The Morgan fingerprint density at radius 2 is 1.45 bits per heavy atom. The number of primary amides is 1. The number of benzene rings is 3. The van der Waals surface area contributed by atoms with Crippen LogP contribution in [-0.2, 0) is 27.6 Å². The van der Waals surface area contributed by atoms with Gasteiger partial charge in [0.2, 0.25) is 10.0 Å². The monoisotopic (exact) mass is 558 g/mol. The van der Waals surface area contributed by atoms with Gasteiger partial charge in [0.05, 0.1) is 4.90 Å². The fourth-order valence-corrected chi connectivity index (χ4v) is 5.94. The highest BCUT2D eigenvalue weighted by molar-refractivity contribution is 7.89. The lowest BCUT2D eigenvalue weighted by atomic mass is 9.82. The van der Waals surface area contributed by atoms with Crippen molar-refractivity contribution in [1.29, 1.82) is 0 Å². The van der Waals surface area contributed by atoms with Crippen molar-refractivity contribution in [2.45, 2.75) is 49.7 Å². The third-order valence-electron chi connectivity index (χ3n) is 6.39. The number of hydrogen-bond donors (Lipinski definition) is 2. The fourth-order valence-electron chi connectivity index (χ4n) is 4.35. The number of amides is 1. The molecule has 0 aromatic heterocycles. The van der Waals surface area contributed by atoms with Gasteiger partial charge < -0.3 is 15.6 Å². The molecule has 7 nitrogen and oxygen atoms in total. The van der Waals surface area contributed by atoms with Crippen LogP contribution < -0.4 is 5.73 Å². The van der Waals surface area contributed by atoms with Crippen LogP contribution in [0.15, 0.2) is 89.8 Å². The van der Waals surface area contributed by atoms with Gasteiger partial charge in [-0.25, -0.2) is 13.2 Å². The minimum atomic E-state index is -4.00. The van der Waals surface area contributed by atoms with E-state index in [9.17, 15) is 18.3 Å². The van der Waals surface area contributed by atoms with Gasteiger partial charge in [-0.1, -0.05) is 86.1 Å². The smallest absolute Gasteiger partial charge is 0.405 e. The van der Waals surface area contributed by atoms with Crippen LogP contribution in [0.2, 0.25) is 5.02 Å². The molecule has 0 aliphatic rings. The zero-order chi connectivity index (χ0) is 27.8. The first kappa shape index (κ1) is 29.6. The van der Waals surface area contributed by atoms with E-state index >= 15 is 0 Å². The van der Waals surface area contributed by atoms with E-state index in [1.807, 2.05) is 74.5 Å². The molecule has 38 heavy (non-hydrogen) atoms. The Labute approximate surface area is 230 Å². The molecule has 0 unspecified atom stereocenters. The van der Waals surface area contributed by atoms with Gasteiger partial charge >= 0.3 is 6.09 Å². The fraction of sp³-hybridized carbons (Fsp3) is 0.345. The molecule has 0 bridgehead atoms. The number of ether oxygens (including phenoxy) is 1. The zero-order valence-electron chi connectivity index (χ0n) is 21.7. The van der Waals surface area contributed by atoms with Gasteiger partial charge in [-0.15, -0.1) is 0 Å². The average molecular weight is 559 g/mol. The van der Waals surface area contributed by atoms with Gasteiger partial charge in [0.15, 0.2) is 0 Å². The van der Waals surface area contributed by atoms with Crippen molar-refractivity contribution >= 4 is 27.7 Å². The summed E-state index contributed by atoms with van der Waals surface area (Å²) in [6.07, 6.45) is -1.62. The summed E-state index contributed by atoms with van der Waals surface area (Å²) >= 11 is 5.98. The number of carbonyl (C=O) groups excluding carboxylic acids is 1. The molecule has 0 radical (unpaired) electrons. The molecule has 3 aromatic carbocycles. The van der Waals surface area contributed by atoms with E-state index in [0.29, 0.717) is 11.4 Å². The molecule has 0 spiro atoms. The SMILES string of the molecule is CC(C)CCN(C[C@@H](O)C(Cc1ccccc1)(Cc1ccccc1)OC(N)=O)S(=O)(=O)c1ccc(Cl)cc1. The summed E-state index contributed by atoms with van der Waals surface area (Å²) in [6, 6.07) is 24.4. The lowest BCUT2D eigenvalue weighted by molar-refractivity contribution is -0.0835. The second-order valence-corrected chi connectivity index (χ2v) is 12.2. The largest absolute Gasteiger partial charge is 0.440 e. The average Bonchev–Trinajstić information content (AvgIpc) is 2.87. The molecule has 3 aromatic rings. The first-order chi connectivity index (χ1) is 18.0. The number of nitrogens with zero attached hydrogens (tertiary/aromatic N) is 1. The van der Waals surface area contributed by atoms with E-state index in [1.165, 1.54) is 28.6 Å². The predicted octanol–water partition coefficient (Wildman–Crippen LogP) is 5.06. The van der Waals surface area contributed by atoms with Crippen molar-refractivity contribution in [3.8, 4) is 0 Å². The molecule has 3 rings (SSSR count). The van der Waals surface area contributed by atoms with Gasteiger partial charge in [-0.05, 0) is 47.7 Å². The molecule has 1 amide bonds. The molecule has 0 fully saturated rings. The highest BCUT2D eigenvalue weighted by Gasteiger charge is 2.44. The van der Waals surface area contributed by atoms with E-state index in [0.717, 1.165) is 11.1 Å². The van der Waals surface area contributed by atoms with Crippen LogP contribution >= 0.6 is 11.6 Å². The molecule has 3 N–H and O–H groups in total. The quantitative estimate of drug-likeness (QED) is 0.305. The third-order valence-corrected chi connectivity index (χ3v) is 8.52. The van der Waals surface area contributed by atoms with Crippen molar-refractivity contribution in [2.75, 3.05) is 13.1 Å². The maximum atomic E-state index is 13.7. The maximum Gasteiger partial charge on any atom is 0.405 e. The van der Waals surface area contributed by atoms with Crippen LogP contribution in [0.25, 0.3) is 0 Å². The number of hydrogen-bond acceptors (Lipinski definition) is 5. The molecular formula is C29H35ClN2O5S. The molecular weight excluding hydrogens is 524 g/mol. The summed E-state index contributed by atoms with van der Waals surface area (Å²) in [4.78, 5) is 12.3. The number of nitrogens with two attached hydrogens (primary N) is 1. The number of halogens is 1. The first-order valence-electron chi connectivity index (χ1n) is 12.5. The molecule has 0 saturated carbocycles. The Bertz CT molecular complexity index is 1230. The lowest BCUT2D eigenvalue weighted by Gasteiger charge is -2.39. The van der Waals surface area contributed by atoms with Crippen molar-refractivity contribution in [3.05, 3.63) is 101 Å². The standard InChI is InChI=1S/C29H35ClN2O5S/c1-22(2)17-18-32(38(35,36)26-15-13-25(30)14-16-26)21-27(33)29(37-28(31)34,19-23-9-5-3-6-10-23)20-24-11-7-4-8-12-24/h3-16,22,27,33H,17-21H2,1-2H3,(H2,31,34)/t27-/m1/s1. The summed E-state index contributed by atoms with van der Waals surface area (Å²) in [7, 11) is -4.00. The Balaban J connectivity index is 2.05. The second-order valence-electron chi connectivity index (χ2n) is 9.83. The summed E-state index contributed by atoms with van der Waals surface area (Å²) in [5, 5.41) is 12.2. The van der Waals surface area contributed by atoms with Crippen LogP contribution in [0, 0.1) is 5.92 Å². The summed E-state index contributed by atoms with van der Waals surface area (Å²) < 4.78 is 34.4. The number of aliphatic hydroxyl groups is 1. The van der Waals surface area contributed by atoms with Crippen LogP contribution in [0.3, 0.4) is 0 Å². The molecule has 0 aliphatic carbocycles. The summed E-state index contributed by atoms with van der Waals surface area (Å²) in [5.41, 5.74) is 5.61. The Kier molecular flexibility index (Phi) is 10.3. The van der Waals surface area contributed by atoms with E-state index in [2.05, 4.69) is 0 Å². The molecule has 9 heteroatoms. The highest BCUT2D eigenvalue weighted by Crippen LogP contribution is 2.30. The normalized spacial score (nSPS) is 13.0. The Morgan fingerprint density at radius 1 is 0.947 bits per heavy atom. The van der Waals surface area contributed by atoms with E-state index in [1.54, 1.807) is 0 Å². The van der Waals surface area contributed by atoms with Gasteiger partial charge in [-0.3, -0.25) is 0 Å². The molecule has 204 valence electrons. The van der Waals surface area contributed by atoms with E-state index in [4.69, 9.17) is 22.1 Å². The Morgan fingerprint density at radius 3 is 1.89 bits per heavy atom. The molecule has 0 aliphatic heterocycles. The van der Waals surface area contributed by atoms with Crippen molar-refractivity contribution < 1.29 is 23.1 Å². The molecule has 0 heterocycles. The van der Waals surface area contributed by atoms with Crippen molar-refractivity contribution in [1.82, 2.24) is 4.31 Å². The minimum absolute atomic E-state index is 0.0606. The molecule has 1 atom stereocenters. The van der Waals surface area contributed by atoms with Gasteiger partial charge in [0.1, 0.15) is 11.7 Å².